The Labute approximate surface area is 156 Å². The maximum atomic E-state index is 12.2. The molecule has 0 saturated heterocycles. The molecule has 3 aromatic rings. The first-order valence-corrected chi connectivity index (χ1v) is 9.93. The molecule has 1 amide bonds. The molecule has 3 aromatic heterocycles. The zero-order valence-electron chi connectivity index (χ0n) is 14.6. The van der Waals surface area contributed by atoms with Gasteiger partial charge in [-0.3, -0.25) is 9.52 Å². The topological polar surface area (TPSA) is 115 Å². The summed E-state index contributed by atoms with van der Waals surface area (Å²) in [6.45, 7) is 2.11. The Bertz CT molecular complexity index is 1050. The van der Waals surface area contributed by atoms with Crippen molar-refractivity contribution in [3.63, 3.8) is 0 Å². The first-order valence-electron chi connectivity index (χ1n) is 8.28. The minimum Gasteiger partial charge on any atom is -0.477 e. The van der Waals surface area contributed by atoms with Crippen LogP contribution < -0.4 is 14.8 Å². The highest BCUT2D eigenvalue weighted by Gasteiger charge is 2.15. The Hall–Kier alpha value is -3.14. The second-order valence-corrected chi connectivity index (χ2v) is 7.42. The largest absolute Gasteiger partial charge is 0.477 e. The van der Waals surface area contributed by atoms with Gasteiger partial charge in [0, 0.05) is 25.1 Å². The molecule has 0 radical (unpaired) electrons. The van der Waals surface area contributed by atoms with E-state index in [4.69, 9.17) is 4.74 Å². The quantitative estimate of drug-likeness (QED) is 0.600. The number of sulfonamides is 1. The van der Waals surface area contributed by atoms with Crippen LogP contribution in [0.5, 0.6) is 5.88 Å². The van der Waals surface area contributed by atoms with Gasteiger partial charge in [0.05, 0.1) is 23.6 Å². The summed E-state index contributed by atoms with van der Waals surface area (Å²) in [5, 5.41) is 6.62. The fourth-order valence-corrected chi connectivity index (χ4v) is 3.38. The molecule has 0 spiro atoms. The van der Waals surface area contributed by atoms with Crippen LogP contribution in [0.3, 0.4) is 0 Å². The molecule has 0 bridgehead atoms. The fraction of sp³-hybridized carbons (Fsp3) is 0.235. The van der Waals surface area contributed by atoms with E-state index in [0.29, 0.717) is 12.3 Å². The van der Waals surface area contributed by atoms with E-state index < -0.39 is 15.9 Å². The van der Waals surface area contributed by atoms with Gasteiger partial charge >= 0.3 is 0 Å². The smallest absolute Gasteiger partial charge is 0.256 e. The summed E-state index contributed by atoms with van der Waals surface area (Å²) in [7, 11) is -3.63. The number of hydrogen-bond acceptors (Lipinski definition) is 6. The van der Waals surface area contributed by atoms with E-state index in [1.165, 1.54) is 6.20 Å². The zero-order valence-corrected chi connectivity index (χ0v) is 15.4. The van der Waals surface area contributed by atoms with Gasteiger partial charge in [0.25, 0.3) is 5.91 Å². The third kappa shape index (κ3) is 4.73. The van der Waals surface area contributed by atoms with Crippen molar-refractivity contribution in [2.75, 3.05) is 23.6 Å². The summed E-state index contributed by atoms with van der Waals surface area (Å²) < 4.78 is 33.9. The average Bonchev–Trinajstić information content (AvgIpc) is 3.09. The van der Waals surface area contributed by atoms with Crippen molar-refractivity contribution in [3.8, 4) is 5.88 Å². The third-order valence-electron chi connectivity index (χ3n) is 3.63. The number of ether oxygens (including phenoxy) is 1. The summed E-state index contributed by atoms with van der Waals surface area (Å²) in [4.78, 5) is 16.2. The molecule has 0 unspecified atom stereocenters. The van der Waals surface area contributed by atoms with Gasteiger partial charge < -0.3 is 10.1 Å². The van der Waals surface area contributed by atoms with Crippen molar-refractivity contribution in [1.29, 1.82) is 0 Å². The molecule has 0 aromatic carbocycles. The fourth-order valence-electron chi connectivity index (χ4n) is 2.43. The minimum atomic E-state index is -3.63. The van der Waals surface area contributed by atoms with Gasteiger partial charge in [-0.05, 0) is 37.3 Å². The van der Waals surface area contributed by atoms with E-state index in [1.54, 1.807) is 54.2 Å². The second kappa shape index (κ2) is 8.04. The van der Waals surface area contributed by atoms with Crippen LogP contribution in [0.15, 0.2) is 48.9 Å². The highest BCUT2D eigenvalue weighted by Crippen LogP contribution is 2.14. The Morgan fingerprint density at radius 3 is 2.93 bits per heavy atom. The lowest BCUT2D eigenvalue weighted by atomic mass is 10.2. The number of pyridine rings is 2. The number of nitrogens with zero attached hydrogens (tertiary/aromatic N) is 3. The molecule has 2 N–H and O–H groups in total. The Balaban J connectivity index is 1.58. The van der Waals surface area contributed by atoms with Crippen LogP contribution in [0.4, 0.5) is 5.69 Å². The van der Waals surface area contributed by atoms with Gasteiger partial charge in [-0.25, -0.2) is 17.9 Å². The van der Waals surface area contributed by atoms with Crippen LogP contribution in [-0.4, -0.2) is 47.8 Å². The van der Waals surface area contributed by atoms with Crippen LogP contribution in [0.1, 0.15) is 17.3 Å². The molecule has 3 rings (SSSR count). The van der Waals surface area contributed by atoms with Gasteiger partial charge in [0.2, 0.25) is 15.9 Å². The SMILES string of the molecule is CCOc1ncccc1C(=O)NCCS(=O)(=O)Nc1ccn2nccc2c1. The molecule has 3 heterocycles. The Kier molecular flexibility index (Phi) is 5.55. The summed E-state index contributed by atoms with van der Waals surface area (Å²) in [6.07, 6.45) is 4.80. The predicted molar refractivity (Wildman–Crippen MR) is 100 cm³/mol. The van der Waals surface area contributed by atoms with E-state index in [1.807, 2.05) is 0 Å². The number of anilines is 1. The lowest BCUT2D eigenvalue weighted by Gasteiger charge is -2.11. The first-order chi connectivity index (χ1) is 13.0. The summed E-state index contributed by atoms with van der Waals surface area (Å²) in [5.74, 6) is -0.497. The number of aromatic nitrogens is 3. The Morgan fingerprint density at radius 1 is 1.26 bits per heavy atom. The number of carbonyl (C=O) groups excluding carboxylic acids is 1. The van der Waals surface area contributed by atoms with Crippen molar-refractivity contribution < 1.29 is 17.9 Å². The van der Waals surface area contributed by atoms with Gasteiger partial charge in [-0.15, -0.1) is 0 Å². The van der Waals surface area contributed by atoms with E-state index >= 15 is 0 Å². The van der Waals surface area contributed by atoms with Gasteiger partial charge in [0.1, 0.15) is 5.56 Å². The number of nitrogens with one attached hydrogen (secondary N) is 2. The van der Waals surface area contributed by atoms with E-state index in [-0.39, 0.29) is 23.7 Å². The molecule has 0 saturated carbocycles. The van der Waals surface area contributed by atoms with E-state index in [0.717, 1.165) is 5.52 Å². The third-order valence-corrected chi connectivity index (χ3v) is 4.91. The summed E-state index contributed by atoms with van der Waals surface area (Å²) in [5.41, 5.74) is 1.46. The zero-order chi connectivity index (χ0) is 19.3. The van der Waals surface area contributed by atoms with Crippen molar-refractivity contribution in [2.24, 2.45) is 0 Å². The standard InChI is InChI=1S/C17H19N5O4S/c1-2-26-17-15(4-3-7-19-17)16(23)18-9-11-27(24,25)21-13-6-10-22-14(12-13)5-8-20-22/h3-8,10,12,21H,2,9,11H2,1H3,(H,18,23). The van der Waals surface area contributed by atoms with E-state index in [2.05, 4.69) is 20.1 Å². The highest BCUT2D eigenvalue weighted by molar-refractivity contribution is 7.92. The monoisotopic (exact) mass is 389 g/mol. The molecular weight excluding hydrogens is 370 g/mol. The van der Waals surface area contributed by atoms with Gasteiger partial charge in [0.15, 0.2) is 0 Å². The van der Waals surface area contributed by atoms with Crippen LogP contribution in [0, 0.1) is 0 Å². The minimum absolute atomic E-state index is 0.0520. The lowest BCUT2D eigenvalue weighted by Crippen LogP contribution is -2.31. The molecule has 0 fully saturated rings. The molecular formula is C17H19N5O4S. The summed E-state index contributed by atoms with van der Waals surface area (Å²) in [6, 6.07) is 8.23. The van der Waals surface area contributed by atoms with Crippen LogP contribution in [0.25, 0.3) is 5.52 Å². The van der Waals surface area contributed by atoms with E-state index in [9.17, 15) is 13.2 Å². The van der Waals surface area contributed by atoms with Crippen LogP contribution in [0.2, 0.25) is 0 Å². The molecule has 142 valence electrons. The average molecular weight is 389 g/mol. The molecule has 0 atom stereocenters. The molecule has 0 aliphatic heterocycles. The van der Waals surface area contributed by atoms with Gasteiger partial charge in [-0.2, -0.15) is 5.10 Å². The van der Waals surface area contributed by atoms with Crippen LogP contribution >= 0.6 is 0 Å². The number of rotatable bonds is 8. The maximum absolute atomic E-state index is 12.2. The number of amides is 1. The normalized spacial score (nSPS) is 11.3. The first kappa shape index (κ1) is 18.6. The number of carbonyl (C=O) groups is 1. The van der Waals surface area contributed by atoms with Crippen LogP contribution in [-0.2, 0) is 10.0 Å². The molecule has 10 heteroatoms. The molecule has 9 nitrogen and oxygen atoms in total. The Morgan fingerprint density at radius 2 is 2.11 bits per heavy atom. The van der Waals surface area contributed by atoms with Gasteiger partial charge in [-0.1, -0.05) is 0 Å². The molecule has 0 aliphatic carbocycles. The second-order valence-electron chi connectivity index (χ2n) is 5.58. The number of fused-ring (bicyclic) bond motifs is 1. The van der Waals surface area contributed by atoms with Crippen molar-refractivity contribution in [1.82, 2.24) is 19.9 Å². The summed E-state index contributed by atoms with van der Waals surface area (Å²) >= 11 is 0. The lowest BCUT2D eigenvalue weighted by molar-refractivity contribution is 0.0951. The number of hydrogen-bond donors (Lipinski definition) is 2. The van der Waals surface area contributed by atoms with Crippen molar-refractivity contribution in [3.05, 3.63) is 54.5 Å². The maximum Gasteiger partial charge on any atom is 0.256 e. The highest BCUT2D eigenvalue weighted by atomic mass is 32.2. The molecule has 27 heavy (non-hydrogen) atoms. The molecule has 0 aliphatic rings. The van der Waals surface area contributed by atoms with Crippen molar-refractivity contribution >= 4 is 27.1 Å². The van der Waals surface area contributed by atoms with Crippen molar-refractivity contribution in [2.45, 2.75) is 6.92 Å². The predicted octanol–water partition coefficient (Wildman–Crippen LogP) is 1.30.